The number of carboxylic acid groups (broad SMARTS) is 1. The predicted octanol–water partition coefficient (Wildman–Crippen LogP) is 2.12. The number of hydrogen-bond acceptors (Lipinski definition) is 3. The van der Waals surface area contributed by atoms with Gasteiger partial charge in [0.15, 0.2) is 0 Å². The molecule has 0 heterocycles. The highest BCUT2D eigenvalue weighted by molar-refractivity contribution is 5.84. The largest absolute Gasteiger partial charge is 0.480 e. The van der Waals surface area contributed by atoms with E-state index in [4.69, 9.17) is 9.84 Å². The highest BCUT2D eigenvalue weighted by Crippen LogP contribution is 2.08. The van der Waals surface area contributed by atoms with E-state index < -0.39 is 12.0 Å². The summed E-state index contributed by atoms with van der Waals surface area (Å²) < 4.78 is 4.93. The van der Waals surface area contributed by atoms with Crippen LogP contribution in [0.4, 0.5) is 0 Å². The highest BCUT2D eigenvalue weighted by Gasteiger charge is 2.19. The Labute approximate surface area is 115 Å². The van der Waals surface area contributed by atoms with Crippen molar-refractivity contribution in [1.29, 1.82) is 0 Å². The normalized spacial score (nSPS) is 11.8. The summed E-state index contributed by atoms with van der Waals surface area (Å²) in [6, 6.07) is -0.813. The summed E-state index contributed by atoms with van der Waals surface area (Å²) in [4.78, 5) is 22.4. The summed E-state index contributed by atoms with van der Waals surface area (Å²) in [5, 5.41) is 11.5. The molecule has 5 nitrogen and oxygen atoms in total. The van der Waals surface area contributed by atoms with E-state index in [-0.39, 0.29) is 12.5 Å². The van der Waals surface area contributed by atoms with Gasteiger partial charge in [-0.25, -0.2) is 4.79 Å². The first-order chi connectivity index (χ1) is 9.11. The number of carbonyl (C=O) groups excluding carboxylic acids is 1. The smallest absolute Gasteiger partial charge is 0.326 e. The van der Waals surface area contributed by atoms with E-state index in [1.165, 1.54) is 0 Å². The van der Waals surface area contributed by atoms with Crippen molar-refractivity contribution < 1.29 is 19.4 Å². The molecule has 0 aromatic carbocycles. The fourth-order valence-electron chi connectivity index (χ4n) is 1.68. The number of unbranched alkanes of at least 4 members (excludes halogenated alkanes) is 4. The first kappa shape index (κ1) is 17.6. The first-order valence-electron chi connectivity index (χ1n) is 6.82. The maximum Gasteiger partial charge on any atom is 0.326 e. The van der Waals surface area contributed by atoms with Crippen LogP contribution in [0.15, 0.2) is 12.7 Å². The summed E-state index contributed by atoms with van der Waals surface area (Å²) in [6.45, 7) is 5.79. The molecule has 0 aromatic rings. The lowest BCUT2D eigenvalue weighted by Gasteiger charge is -2.14. The quantitative estimate of drug-likeness (QED) is 0.421. The molecule has 0 radical (unpaired) electrons. The SMILES string of the molecule is C=CCCCCCC[C@H](NC(=O)COCC)C(=O)O. The van der Waals surface area contributed by atoms with E-state index in [2.05, 4.69) is 11.9 Å². The van der Waals surface area contributed by atoms with Gasteiger partial charge in [0, 0.05) is 6.61 Å². The van der Waals surface area contributed by atoms with Crippen LogP contribution >= 0.6 is 0 Å². The number of amides is 1. The van der Waals surface area contributed by atoms with E-state index in [0.29, 0.717) is 13.0 Å². The van der Waals surface area contributed by atoms with E-state index >= 15 is 0 Å². The molecule has 0 fully saturated rings. The third-order valence-electron chi connectivity index (χ3n) is 2.72. The van der Waals surface area contributed by atoms with E-state index in [1.807, 2.05) is 6.08 Å². The van der Waals surface area contributed by atoms with Crippen molar-refractivity contribution in [1.82, 2.24) is 5.32 Å². The Balaban J connectivity index is 3.83. The van der Waals surface area contributed by atoms with Crippen molar-refractivity contribution in [3.8, 4) is 0 Å². The lowest BCUT2D eigenvalue weighted by molar-refractivity contribution is -0.142. The predicted molar refractivity (Wildman–Crippen MR) is 74.0 cm³/mol. The average Bonchev–Trinajstić information content (AvgIpc) is 2.38. The van der Waals surface area contributed by atoms with Gasteiger partial charge in [0.1, 0.15) is 12.6 Å². The Morgan fingerprint density at radius 3 is 2.58 bits per heavy atom. The molecule has 0 rings (SSSR count). The van der Waals surface area contributed by atoms with Gasteiger partial charge in [-0.15, -0.1) is 6.58 Å². The molecule has 0 spiro atoms. The maximum absolute atomic E-state index is 11.4. The zero-order valence-corrected chi connectivity index (χ0v) is 11.7. The zero-order chi connectivity index (χ0) is 14.5. The second-order valence-corrected chi connectivity index (χ2v) is 4.38. The van der Waals surface area contributed by atoms with Gasteiger partial charge >= 0.3 is 5.97 Å². The van der Waals surface area contributed by atoms with Crippen molar-refractivity contribution in [2.24, 2.45) is 0 Å². The number of allylic oxidation sites excluding steroid dienone is 1. The monoisotopic (exact) mass is 271 g/mol. The molecule has 0 aliphatic rings. The lowest BCUT2D eigenvalue weighted by atomic mass is 10.1. The Bertz CT molecular complexity index is 279. The molecule has 0 aliphatic carbocycles. The van der Waals surface area contributed by atoms with E-state index in [0.717, 1.165) is 32.1 Å². The third-order valence-corrected chi connectivity index (χ3v) is 2.72. The highest BCUT2D eigenvalue weighted by atomic mass is 16.5. The van der Waals surface area contributed by atoms with Crippen LogP contribution in [0.2, 0.25) is 0 Å². The third kappa shape index (κ3) is 10.3. The summed E-state index contributed by atoms with van der Waals surface area (Å²) >= 11 is 0. The number of rotatable bonds is 12. The van der Waals surface area contributed by atoms with Gasteiger partial charge in [0.25, 0.3) is 0 Å². The van der Waals surface area contributed by atoms with Crippen molar-refractivity contribution in [3.63, 3.8) is 0 Å². The summed E-state index contributed by atoms with van der Waals surface area (Å²) in [6.07, 6.45) is 7.24. The molecule has 2 N–H and O–H groups in total. The fraction of sp³-hybridized carbons (Fsp3) is 0.714. The van der Waals surface area contributed by atoms with Gasteiger partial charge in [0.05, 0.1) is 0 Å². The van der Waals surface area contributed by atoms with Crippen LogP contribution < -0.4 is 5.32 Å². The number of ether oxygens (including phenoxy) is 1. The van der Waals surface area contributed by atoms with Crippen molar-refractivity contribution >= 4 is 11.9 Å². The van der Waals surface area contributed by atoms with Gasteiger partial charge < -0.3 is 15.2 Å². The van der Waals surface area contributed by atoms with Crippen molar-refractivity contribution in [2.75, 3.05) is 13.2 Å². The summed E-state index contributed by atoms with van der Waals surface area (Å²) in [5.74, 6) is -1.36. The molecule has 0 bridgehead atoms. The molecule has 0 aromatic heterocycles. The Morgan fingerprint density at radius 1 is 1.32 bits per heavy atom. The van der Waals surface area contributed by atoms with Gasteiger partial charge in [-0.2, -0.15) is 0 Å². The molecule has 1 amide bonds. The number of nitrogens with one attached hydrogen (secondary N) is 1. The molecule has 0 unspecified atom stereocenters. The van der Waals surface area contributed by atoms with Crippen molar-refractivity contribution in [3.05, 3.63) is 12.7 Å². The molecular formula is C14H25NO4. The van der Waals surface area contributed by atoms with Gasteiger partial charge in [-0.3, -0.25) is 4.79 Å². The molecule has 0 saturated heterocycles. The van der Waals surface area contributed by atoms with Crippen LogP contribution in [-0.2, 0) is 14.3 Å². The minimum Gasteiger partial charge on any atom is -0.480 e. The number of aliphatic carboxylic acids is 1. The Morgan fingerprint density at radius 2 is 2.00 bits per heavy atom. The van der Waals surface area contributed by atoms with Crippen LogP contribution in [0.1, 0.15) is 45.4 Å². The Hall–Kier alpha value is -1.36. The standard InChI is InChI=1S/C14H25NO4/c1-3-5-6-7-8-9-10-12(14(17)18)15-13(16)11-19-4-2/h3,12H,1,4-11H2,2H3,(H,15,16)(H,17,18)/t12-/m0/s1. The fourth-order valence-corrected chi connectivity index (χ4v) is 1.68. The molecule has 5 heteroatoms. The first-order valence-corrected chi connectivity index (χ1v) is 6.82. The summed E-state index contributed by atoms with van der Waals surface area (Å²) in [7, 11) is 0. The Kier molecular flexibility index (Phi) is 10.9. The van der Waals surface area contributed by atoms with E-state index in [9.17, 15) is 9.59 Å². The van der Waals surface area contributed by atoms with Crippen molar-refractivity contribution in [2.45, 2.75) is 51.5 Å². The van der Waals surface area contributed by atoms with Crippen LogP contribution in [0.25, 0.3) is 0 Å². The molecule has 0 saturated carbocycles. The molecule has 1 atom stereocenters. The van der Waals surface area contributed by atoms with Crippen LogP contribution in [0.3, 0.4) is 0 Å². The molecule has 19 heavy (non-hydrogen) atoms. The number of carbonyl (C=O) groups is 2. The summed E-state index contributed by atoms with van der Waals surface area (Å²) in [5.41, 5.74) is 0. The average molecular weight is 271 g/mol. The van der Waals surface area contributed by atoms with Gasteiger partial charge in [0.2, 0.25) is 5.91 Å². The van der Waals surface area contributed by atoms with Gasteiger partial charge in [-0.05, 0) is 26.2 Å². The number of carboxylic acids is 1. The molecule has 110 valence electrons. The van der Waals surface area contributed by atoms with Crippen LogP contribution in [0, 0.1) is 0 Å². The molecule has 0 aliphatic heterocycles. The zero-order valence-electron chi connectivity index (χ0n) is 11.7. The second-order valence-electron chi connectivity index (χ2n) is 4.38. The van der Waals surface area contributed by atoms with Gasteiger partial charge in [-0.1, -0.05) is 25.3 Å². The maximum atomic E-state index is 11.4. The minimum absolute atomic E-state index is 0.0837. The van der Waals surface area contributed by atoms with Crippen LogP contribution in [0.5, 0.6) is 0 Å². The second kappa shape index (κ2) is 11.7. The van der Waals surface area contributed by atoms with E-state index in [1.54, 1.807) is 6.92 Å². The lowest BCUT2D eigenvalue weighted by Crippen LogP contribution is -2.42. The molecular weight excluding hydrogens is 246 g/mol. The topological polar surface area (TPSA) is 75.6 Å². The van der Waals surface area contributed by atoms with Crippen LogP contribution in [-0.4, -0.2) is 36.2 Å². The number of hydrogen-bond donors (Lipinski definition) is 2. The minimum atomic E-state index is -0.990.